The first-order chi connectivity index (χ1) is 15.4. The van der Waals surface area contributed by atoms with Gasteiger partial charge in [-0.25, -0.2) is 9.59 Å². The molecule has 0 aromatic carbocycles. The van der Waals surface area contributed by atoms with Crippen LogP contribution < -0.4 is 4.89 Å². The maximum atomic E-state index is 11.3. The molecule has 0 aliphatic carbocycles. The fourth-order valence-corrected chi connectivity index (χ4v) is 2.04. The van der Waals surface area contributed by atoms with E-state index in [4.69, 9.17) is 9.47 Å². The zero-order chi connectivity index (χ0) is 25.9. The van der Waals surface area contributed by atoms with Gasteiger partial charge >= 0.3 is 11.9 Å². The van der Waals surface area contributed by atoms with Gasteiger partial charge in [-0.3, -0.25) is 4.57 Å². The zero-order valence-electron chi connectivity index (χ0n) is 20.4. The first-order valence-electron chi connectivity index (χ1n) is 10.6. The first-order valence-corrected chi connectivity index (χ1v) is 12.7. The number of phosphoric acid groups is 1. The number of nitrogens with zero attached hydrogens (tertiary/aromatic N) is 1. The molecule has 1 saturated heterocycles. The predicted molar refractivity (Wildman–Crippen MR) is 128 cm³/mol. The van der Waals surface area contributed by atoms with Gasteiger partial charge in [0.2, 0.25) is 0 Å². The summed E-state index contributed by atoms with van der Waals surface area (Å²) in [4.78, 5) is 34.9. The Bertz CT molecular complexity index is 639. The third-order valence-corrected chi connectivity index (χ3v) is 5.00. The molecule has 12 heteroatoms. The third kappa shape index (κ3) is 23.7. The molecule has 1 heterocycles. The van der Waals surface area contributed by atoms with Crippen molar-refractivity contribution in [2.45, 2.75) is 40.2 Å². The van der Waals surface area contributed by atoms with Crippen LogP contribution in [0.15, 0.2) is 24.3 Å². The lowest BCUT2D eigenvalue weighted by atomic mass is 10.4. The summed E-state index contributed by atoms with van der Waals surface area (Å²) in [5.41, 5.74) is 0.671. The quantitative estimate of drug-likeness (QED) is 0.0925. The Labute approximate surface area is 203 Å². The molecule has 10 nitrogen and oxygen atoms in total. The largest absolute Gasteiger partial charge is 0.756 e. The zero-order valence-corrected chi connectivity index (χ0v) is 22.2. The number of rotatable bonds is 14. The van der Waals surface area contributed by atoms with Gasteiger partial charge in [0.15, 0.2) is 0 Å². The van der Waals surface area contributed by atoms with Gasteiger partial charge in [0.05, 0.1) is 19.8 Å². The molecule has 2 unspecified atom stereocenters. The standard InChI is InChI=1S/C11H22NO6P.C7H10O3.C3H8S/c1-5-12(4)6-7-17-19(14,15)18-9-8-16-11(13)10(2)3;1-5(2)7(8)10-4-6-3-9-6;1-2-3-4/h2,5-9H2,1,3-4H3,(H,14,15);6H,1,3-4H2,2H3;4H,2-3H2,1H3/p-1. The minimum absolute atomic E-state index is 0.0245. The molecule has 1 fully saturated rings. The molecule has 2 atom stereocenters. The van der Waals surface area contributed by atoms with Gasteiger partial charge in [-0.15, -0.1) is 0 Å². The van der Waals surface area contributed by atoms with Crippen LogP contribution in [-0.2, 0) is 37.4 Å². The van der Waals surface area contributed by atoms with Crippen LogP contribution in [-0.4, -0.2) is 81.9 Å². The van der Waals surface area contributed by atoms with Gasteiger partial charge in [-0.1, -0.05) is 27.0 Å². The van der Waals surface area contributed by atoms with Crippen LogP contribution in [0.1, 0.15) is 34.1 Å². The molecule has 0 N–H and O–H groups in total. The van der Waals surface area contributed by atoms with E-state index in [0.29, 0.717) is 25.3 Å². The number of phosphoric ester groups is 1. The summed E-state index contributed by atoms with van der Waals surface area (Å²) in [6.45, 7) is 15.9. The molecule has 0 spiro atoms. The summed E-state index contributed by atoms with van der Waals surface area (Å²) in [5, 5.41) is 0. The smallest absolute Gasteiger partial charge is 0.333 e. The monoisotopic (exact) mass is 512 g/mol. The summed E-state index contributed by atoms with van der Waals surface area (Å²) in [5.74, 6) is 0.0883. The summed E-state index contributed by atoms with van der Waals surface area (Å²) < 4.78 is 34.7. The molecule has 1 aliphatic heterocycles. The summed E-state index contributed by atoms with van der Waals surface area (Å²) >= 11 is 3.92. The fourth-order valence-electron chi connectivity index (χ4n) is 1.37. The minimum Gasteiger partial charge on any atom is -0.756 e. The van der Waals surface area contributed by atoms with Crippen molar-refractivity contribution in [2.24, 2.45) is 0 Å². The number of carbonyl (C=O) groups is 2. The van der Waals surface area contributed by atoms with Crippen LogP contribution in [0, 0.1) is 0 Å². The number of carbonyl (C=O) groups excluding carboxylic acids is 2. The molecule has 0 aromatic heterocycles. The Balaban J connectivity index is 0. The second-order valence-electron chi connectivity index (χ2n) is 6.98. The SMILES string of the molecule is C=C(C)C(=O)OCC1CO1.C=C(C)C(=O)OCCOP(=O)([O-])OCCN(C)CC.CCCS. The highest BCUT2D eigenvalue weighted by Gasteiger charge is 2.24. The average molecular weight is 513 g/mol. The molecule has 33 heavy (non-hydrogen) atoms. The highest BCUT2D eigenvalue weighted by atomic mass is 32.1. The molecular weight excluding hydrogens is 473 g/mol. The number of thiol groups is 1. The van der Waals surface area contributed by atoms with Gasteiger partial charge in [0.25, 0.3) is 7.82 Å². The minimum atomic E-state index is -4.33. The van der Waals surface area contributed by atoms with E-state index >= 15 is 0 Å². The topological polar surface area (TPSA) is 127 Å². The molecule has 0 amide bonds. The molecule has 0 aromatic rings. The first kappa shape index (κ1) is 34.0. The summed E-state index contributed by atoms with van der Waals surface area (Å²) in [6.07, 6.45) is 1.33. The van der Waals surface area contributed by atoms with E-state index < -0.39 is 13.8 Å². The summed E-state index contributed by atoms with van der Waals surface area (Å²) in [6, 6.07) is 0. The molecule has 1 aliphatic rings. The van der Waals surface area contributed by atoms with E-state index in [1.807, 2.05) is 18.9 Å². The molecule has 0 bridgehead atoms. The number of hydrogen-bond acceptors (Lipinski definition) is 11. The summed E-state index contributed by atoms with van der Waals surface area (Å²) in [7, 11) is -2.49. The maximum absolute atomic E-state index is 11.3. The van der Waals surface area contributed by atoms with Gasteiger partial charge < -0.3 is 33.1 Å². The van der Waals surface area contributed by atoms with Crippen LogP contribution in [0.2, 0.25) is 0 Å². The van der Waals surface area contributed by atoms with E-state index in [0.717, 1.165) is 12.3 Å². The van der Waals surface area contributed by atoms with E-state index in [1.165, 1.54) is 13.3 Å². The van der Waals surface area contributed by atoms with Crippen LogP contribution in [0.3, 0.4) is 0 Å². The number of epoxide rings is 1. The Hall–Kier alpha value is -1.20. The highest BCUT2D eigenvalue weighted by molar-refractivity contribution is 7.80. The van der Waals surface area contributed by atoms with E-state index in [1.54, 1.807) is 6.92 Å². The van der Waals surface area contributed by atoms with Gasteiger partial charge in [-0.2, -0.15) is 12.6 Å². The highest BCUT2D eigenvalue weighted by Crippen LogP contribution is 2.37. The average Bonchev–Trinajstić information content (AvgIpc) is 3.59. The molecule has 194 valence electrons. The second-order valence-corrected chi connectivity index (χ2v) is 8.84. The number of esters is 2. The van der Waals surface area contributed by atoms with E-state index in [-0.39, 0.29) is 37.5 Å². The number of ether oxygens (including phenoxy) is 3. The number of likely N-dealkylation sites (N-methyl/N-ethyl adjacent to an activating group) is 1. The Morgan fingerprint density at radius 1 is 1.09 bits per heavy atom. The van der Waals surface area contributed by atoms with Crippen molar-refractivity contribution in [1.29, 1.82) is 0 Å². The van der Waals surface area contributed by atoms with Crippen molar-refractivity contribution >= 4 is 32.4 Å². The van der Waals surface area contributed by atoms with Gasteiger partial charge in [0, 0.05) is 17.7 Å². The van der Waals surface area contributed by atoms with Crippen LogP contribution >= 0.6 is 20.5 Å². The molecular formula is C21H39NO9PS-. The molecule has 1 rings (SSSR count). The van der Waals surface area contributed by atoms with Crippen molar-refractivity contribution in [1.82, 2.24) is 4.90 Å². The van der Waals surface area contributed by atoms with E-state index in [2.05, 4.69) is 46.5 Å². The van der Waals surface area contributed by atoms with Crippen molar-refractivity contribution < 1.29 is 42.3 Å². The van der Waals surface area contributed by atoms with Gasteiger partial charge in [0.1, 0.15) is 19.3 Å². The van der Waals surface area contributed by atoms with Crippen molar-refractivity contribution in [2.75, 3.05) is 58.9 Å². The lowest BCUT2D eigenvalue weighted by Crippen LogP contribution is -2.23. The van der Waals surface area contributed by atoms with Gasteiger partial charge in [-0.05, 0) is 39.6 Å². The Kier molecular flexibility index (Phi) is 20.8. The van der Waals surface area contributed by atoms with Crippen molar-refractivity contribution in [3.05, 3.63) is 24.3 Å². The van der Waals surface area contributed by atoms with Crippen molar-refractivity contribution in [3.8, 4) is 0 Å². The van der Waals surface area contributed by atoms with Crippen LogP contribution in [0.25, 0.3) is 0 Å². The lowest BCUT2D eigenvalue weighted by molar-refractivity contribution is -0.226. The van der Waals surface area contributed by atoms with Crippen LogP contribution in [0.4, 0.5) is 0 Å². The molecule has 0 saturated carbocycles. The molecule has 0 radical (unpaired) electrons. The third-order valence-electron chi connectivity index (χ3n) is 3.55. The Morgan fingerprint density at radius 2 is 1.58 bits per heavy atom. The van der Waals surface area contributed by atoms with Crippen molar-refractivity contribution in [3.63, 3.8) is 0 Å². The fraction of sp³-hybridized carbons (Fsp3) is 0.714. The Morgan fingerprint density at radius 3 is 2.00 bits per heavy atom. The number of hydrogen-bond donors (Lipinski definition) is 1. The second kappa shape index (κ2) is 20.2. The lowest BCUT2D eigenvalue weighted by Gasteiger charge is -2.23. The maximum Gasteiger partial charge on any atom is 0.333 e. The van der Waals surface area contributed by atoms with E-state index in [9.17, 15) is 19.0 Å². The normalized spacial score (nSPS) is 15.7. The van der Waals surface area contributed by atoms with Crippen LogP contribution in [0.5, 0.6) is 0 Å². The predicted octanol–water partition coefficient (Wildman–Crippen LogP) is 2.39.